The number of amides is 2. The van der Waals surface area contributed by atoms with Gasteiger partial charge in [0.15, 0.2) is 11.5 Å². The molecule has 1 aliphatic rings. The number of hydrogen-bond acceptors (Lipinski definition) is 8. The van der Waals surface area contributed by atoms with Gasteiger partial charge in [-0.25, -0.2) is 4.31 Å². The number of pyridine rings is 2. The molecule has 36 heavy (non-hydrogen) atoms. The van der Waals surface area contributed by atoms with Crippen LogP contribution in [0, 0.1) is 5.41 Å². The van der Waals surface area contributed by atoms with E-state index in [2.05, 4.69) is 17.6 Å². The van der Waals surface area contributed by atoms with Crippen LogP contribution in [0.4, 0.5) is 0 Å². The van der Waals surface area contributed by atoms with Crippen LogP contribution in [-0.4, -0.2) is 67.4 Å². The van der Waals surface area contributed by atoms with Gasteiger partial charge in [-0.05, 0) is 30.4 Å². The van der Waals surface area contributed by atoms with Crippen LogP contribution in [0.25, 0.3) is 0 Å². The molecule has 0 atom stereocenters. The zero-order valence-electron chi connectivity index (χ0n) is 20.4. The molecule has 0 spiro atoms. The van der Waals surface area contributed by atoms with Gasteiger partial charge in [0.05, 0.1) is 11.1 Å². The minimum Gasteiger partial charge on any atom is -0.502 e. The molecule has 1 saturated carbocycles. The summed E-state index contributed by atoms with van der Waals surface area (Å²) in [6, 6.07) is 2.77. The van der Waals surface area contributed by atoms with Crippen molar-refractivity contribution in [3.05, 3.63) is 56.4 Å². The number of nitrogens with zero attached hydrogens (tertiary/aromatic N) is 3. The molecule has 2 heterocycles. The van der Waals surface area contributed by atoms with Crippen LogP contribution in [0.3, 0.4) is 0 Å². The maximum Gasteiger partial charge on any atom is 0.293 e. The molecular weight excluding hydrogens is 530 g/mol. The van der Waals surface area contributed by atoms with Gasteiger partial charge in [0.25, 0.3) is 22.9 Å². The summed E-state index contributed by atoms with van der Waals surface area (Å²) in [6.07, 6.45) is 5.15. The molecule has 2 amide bonds. The molecule has 2 aromatic heterocycles. The van der Waals surface area contributed by atoms with Gasteiger partial charge in [-0.1, -0.05) is 18.9 Å². The zero-order chi connectivity index (χ0) is 25.8. The number of aromatic hydroxyl groups is 2. The molecule has 4 N–H and O–H groups in total. The molecular formula is C23H31FeN5O6S. The van der Waals surface area contributed by atoms with Crippen molar-refractivity contribution in [3.8, 4) is 11.5 Å². The van der Waals surface area contributed by atoms with Gasteiger partial charge in [0, 0.05) is 75.5 Å². The summed E-state index contributed by atoms with van der Waals surface area (Å²) in [7, 11) is 2.97. The van der Waals surface area contributed by atoms with E-state index in [4.69, 9.17) is 0 Å². The van der Waals surface area contributed by atoms with Gasteiger partial charge >= 0.3 is 0 Å². The molecule has 1 fully saturated rings. The maximum atomic E-state index is 12.4. The molecule has 0 aromatic carbocycles. The summed E-state index contributed by atoms with van der Waals surface area (Å²) in [6.45, 7) is 3.66. The van der Waals surface area contributed by atoms with Crippen LogP contribution in [0.15, 0.2) is 34.1 Å². The normalized spacial score (nSPS) is 13.7. The van der Waals surface area contributed by atoms with Gasteiger partial charge in [-0.3, -0.25) is 19.2 Å². The Kier molecular flexibility index (Phi) is 10.2. The topological polar surface area (TPSA) is 146 Å². The Morgan fingerprint density at radius 3 is 1.75 bits per heavy atom. The van der Waals surface area contributed by atoms with E-state index in [0.29, 0.717) is 18.5 Å². The number of rotatable bonds is 11. The van der Waals surface area contributed by atoms with Crippen LogP contribution < -0.4 is 21.8 Å². The molecule has 3 rings (SSSR count). The first-order chi connectivity index (χ1) is 16.5. The molecule has 13 heteroatoms. The van der Waals surface area contributed by atoms with E-state index in [1.165, 1.54) is 47.8 Å². The minimum atomic E-state index is -0.648. The second kappa shape index (κ2) is 12.5. The molecule has 0 unspecified atom stereocenters. The summed E-state index contributed by atoms with van der Waals surface area (Å²) >= 11 is 1.63. The Morgan fingerprint density at radius 2 is 1.36 bits per heavy atom. The molecule has 0 saturated heterocycles. The number of carbonyl (C=O) groups is 2. The monoisotopic (exact) mass is 561 g/mol. The first-order valence-electron chi connectivity index (χ1n) is 11.2. The van der Waals surface area contributed by atoms with Crippen molar-refractivity contribution in [3.63, 3.8) is 0 Å². The standard InChI is InChI=1S/C23H31N5O6S.Fe/c1-23(6-7-23)14-35-28(12-8-24-19(31)15-4-10-26(2)21(33)17(15)29)13-9-25-20(32)16-5-11-27(3)22(34)18(16)30;/h4-5,10-11,29-30H,6-9,12-14H2,1-3H3,(H,24,31)(H,25,32);. The predicted molar refractivity (Wildman–Crippen MR) is 133 cm³/mol. The second-order valence-corrected chi connectivity index (χ2v) is 10.1. The van der Waals surface area contributed by atoms with Crippen LogP contribution in [-0.2, 0) is 31.2 Å². The van der Waals surface area contributed by atoms with E-state index >= 15 is 0 Å². The summed E-state index contributed by atoms with van der Waals surface area (Å²) in [5, 5.41) is 25.4. The first kappa shape index (κ1) is 29.5. The summed E-state index contributed by atoms with van der Waals surface area (Å²) in [5.74, 6) is -1.38. The van der Waals surface area contributed by atoms with Gasteiger partial charge in [-0.2, -0.15) is 0 Å². The van der Waals surface area contributed by atoms with Gasteiger partial charge < -0.3 is 30.0 Å². The predicted octanol–water partition coefficient (Wildman–Crippen LogP) is 0.403. The smallest absolute Gasteiger partial charge is 0.293 e. The molecule has 0 radical (unpaired) electrons. The number of carbonyl (C=O) groups excluding carboxylic acids is 2. The summed E-state index contributed by atoms with van der Waals surface area (Å²) in [4.78, 5) is 48.5. The van der Waals surface area contributed by atoms with E-state index in [1.54, 1.807) is 11.9 Å². The van der Waals surface area contributed by atoms with E-state index in [-0.39, 0.29) is 41.3 Å². The Hall–Kier alpha value is -2.73. The Bertz CT molecular complexity index is 1140. The van der Waals surface area contributed by atoms with Crippen LogP contribution in [0.5, 0.6) is 11.5 Å². The number of nitrogens with one attached hydrogen (secondary N) is 2. The average Bonchev–Trinajstić information content (AvgIpc) is 3.56. The van der Waals surface area contributed by atoms with Crippen LogP contribution >= 0.6 is 11.9 Å². The zero-order valence-corrected chi connectivity index (χ0v) is 22.3. The third-order valence-corrected chi connectivity index (χ3v) is 7.52. The molecule has 1 aliphatic carbocycles. The van der Waals surface area contributed by atoms with Crippen LogP contribution in [0.2, 0.25) is 0 Å². The Balaban J connectivity index is 0.00000456. The molecule has 0 aliphatic heterocycles. The summed E-state index contributed by atoms with van der Waals surface area (Å²) < 4.78 is 4.40. The van der Waals surface area contributed by atoms with Crippen molar-refractivity contribution < 1.29 is 36.9 Å². The Morgan fingerprint density at radius 1 is 0.944 bits per heavy atom. The van der Waals surface area contributed by atoms with Gasteiger partial charge in [-0.15, -0.1) is 0 Å². The van der Waals surface area contributed by atoms with Crippen molar-refractivity contribution in [1.82, 2.24) is 24.1 Å². The SMILES string of the molecule is Cn1ccc(C(=O)NCCN(CCNC(=O)c2ccn(C)c(=O)c2O)SCC2(C)CC2)c(O)c1=O.[Fe]. The quantitative estimate of drug-likeness (QED) is 0.228. The van der Waals surface area contributed by atoms with Gasteiger partial charge in [0.2, 0.25) is 0 Å². The largest absolute Gasteiger partial charge is 0.502 e. The molecule has 198 valence electrons. The van der Waals surface area contributed by atoms with E-state index in [9.17, 15) is 29.4 Å². The third kappa shape index (κ3) is 7.39. The van der Waals surface area contributed by atoms with E-state index in [0.717, 1.165) is 18.6 Å². The molecule has 0 bridgehead atoms. The molecule has 11 nitrogen and oxygen atoms in total. The van der Waals surface area contributed by atoms with Crippen molar-refractivity contribution in [1.29, 1.82) is 0 Å². The van der Waals surface area contributed by atoms with E-state index in [1.807, 2.05) is 4.31 Å². The fraction of sp³-hybridized carbons (Fsp3) is 0.478. The fourth-order valence-electron chi connectivity index (χ4n) is 3.22. The third-order valence-electron chi connectivity index (χ3n) is 5.97. The fourth-order valence-corrected chi connectivity index (χ4v) is 4.45. The van der Waals surface area contributed by atoms with E-state index < -0.39 is 34.4 Å². The van der Waals surface area contributed by atoms with Crippen molar-refractivity contribution >= 4 is 23.8 Å². The summed E-state index contributed by atoms with van der Waals surface area (Å²) in [5.41, 5.74) is -1.17. The van der Waals surface area contributed by atoms with Crippen molar-refractivity contribution in [2.75, 3.05) is 31.9 Å². The first-order valence-corrected chi connectivity index (χ1v) is 12.2. The minimum absolute atomic E-state index is 0. The van der Waals surface area contributed by atoms with Crippen molar-refractivity contribution in [2.45, 2.75) is 19.8 Å². The number of hydrogen-bond donors (Lipinski definition) is 4. The number of aromatic nitrogens is 2. The second-order valence-electron chi connectivity index (χ2n) is 9.01. The average molecular weight is 561 g/mol. The van der Waals surface area contributed by atoms with Crippen molar-refractivity contribution in [2.24, 2.45) is 19.5 Å². The van der Waals surface area contributed by atoms with Gasteiger partial charge in [0.1, 0.15) is 0 Å². The number of aryl methyl sites for hydroxylation is 2. The maximum absolute atomic E-state index is 12.4. The molecule has 2 aromatic rings. The Labute approximate surface area is 223 Å². The van der Waals surface area contributed by atoms with Crippen LogP contribution in [0.1, 0.15) is 40.5 Å².